The van der Waals surface area contributed by atoms with Gasteiger partial charge in [0.15, 0.2) is 0 Å². The zero-order valence-electron chi connectivity index (χ0n) is 14.7. The third-order valence-corrected chi connectivity index (χ3v) is 11.6. The average molecular weight is 330 g/mol. The van der Waals surface area contributed by atoms with Gasteiger partial charge in [-0.2, -0.15) is 0 Å². The number of nitrogens with zero attached hydrogens (tertiary/aromatic N) is 1. The fourth-order valence-corrected chi connectivity index (χ4v) is 10.1. The van der Waals surface area contributed by atoms with Crippen LogP contribution in [0, 0.1) is 0 Å². The summed E-state index contributed by atoms with van der Waals surface area (Å²) in [7, 11) is -2.02. The van der Waals surface area contributed by atoms with Crippen LogP contribution in [-0.2, 0) is 9.16 Å². The number of fused-ring (bicyclic) bond motifs is 1. The Morgan fingerprint density at radius 2 is 1.73 bits per heavy atom. The molecule has 2 aliphatic heterocycles. The molecule has 0 bridgehead atoms. The molecular weight excluding hydrogens is 298 g/mol. The van der Waals surface area contributed by atoms with E-state index in [2.05, 4.69) is 41.5 Å². The van der Waals surface area contributed by atoms with Gasteiger partial charge >= 0.3 is 6.09 Å². The van der Waals surface area contributed by atoms with Crippen LogP contribution in [0.5, 0.6) is 0 Å². The first-order valence-corrected chi connectivity index (χ1v) is 10.6. The van der Waals surface area contributed by atoms with E-state index in [1.54, 1.807) is 4.90 Å². The maximum Gasteiger partial charge on any atom is 0.410 e. The average Bonchev–Trinajstić information content (AvgIpc) is 2.79. The van der Waals surface area contributed by atoms with E-state index >= 15 is 0 Å². The van der Waals surface area contributed by atoms with Crippen LogP contribution in [0.2, 0.25) is 16.6 Å². The summed E-state index contributed by atoms with van der Waals surface area (Å²) in [5, 5.41) is 10.7. The molecule has 0 aromatic heterocycles. The van der Waals surface area contributed by atoms with Crippen molar-refractivity contribution in [2.45, 2.75) is 82.8 Å². The molecule has 22 heavy (non-hydrogen) atoms. The SMILES string of the molecule is CC(C)[Si](O[C@H]1CCN2C(=O)OC[C@H]2[C@@H]1O)(C(C)C)C(C)C. The molecule has 2 fully saturated rings. The van der Waals surface area contributed by atoms with Crippen molar-refractivity contribution in [3.63, 3.8) is 0 Å². The third kappa shape index (κ3) is 2.81. The van der Waals surface area contributed by atoms with E-state index in [1.165, 1.54) is 0 Å². The number of aliphatic hydroxyl groups excluding tert-OH is 1. The third-order valence-electron chi connectivity index (χ3n) is 5.50. The number of carbonyl (C=O) groups is 1. The Morgan fingerprint density at radius 3 is 2.23 bits per heavy atom. The van der Waals surface area contributed by atoms with Crippen LogP contribution in [-0.4, -0.2) is 55.8 Å². The molecule has 128 valence electrons. The lowest BCUT2D eigenvalue weighted by atomic mass is 9.98. The molecule has 2 aliphatic rings. The topological polar surface area (TPSA) is 59.0 Å². The predicted octanol–water partition coefficient (Wildman–Crippen LogP) is 3.13. The quantitative estimate of drug-likeness (QED) is 0.787. The number of piperidine rings is 1. The van der Waals surface area contributed by atoms with E-state index in [1.807, 2.05) is 0 Å². The fourth-order valence-electron chi connectivity index (χ4n) is 4.49. The van der Waals surface area contributed by atoms with Gasteiger partial charge in [-0.15, -0.1) is 0 Å². The summed E-state index contributed by atoms with van der Waals surface area (Å²) in [5.41, 5.74) is 1.46. The minimum absolute atomic E-state index is 0.186. The molecule has 3 atom stereocenters. The van der Waals surface area contributed by atoms with Crippen LogP contribution in [0.1, 0.15) is 48.0 Å². The highest BCUT2D eigenvalue weighted by Gasteiger charge is 2.51. The van der Waals surface area contributed by atoms with Crippen molar-refractivity contribution in [2.75, 3.05) is 13.2 Å². The van der Waals surface area contributed by atoms with E-state index in [-0.39, 0.29) is 24.8 Å². The molecule has 0 aromatic carbocycles. The van der Waals surface area contributed by atoms with Crippen molar-refractivity contribution < 1.29 is 19.1 Å². The van der Waals surface area contributed by atoms with E-state index in [9.17, 15) is 9.90 Å². The highest BCUT2D eigenvalue weighted by atomic mass is 28.4. The van der Waals surface area contributed by atoms with Gasteiger partial charge in [0.25, 0.3) is 0 Å². The number of cyclic esters (lactones) is 1. The molecule has 1 N–H and O–H groups in total. The lowest BCUT2D eigenvalue weighted by Crippen LogP contribution is -2.59. The smallest absolute Gasteiger partial charge is 0.410 e. The summed E-state index contributed by atoms with van der Waals surface area (Å²) in [6.07, 6.45) is -0.450. The molecule has 6 heteroatoms. The number of amides is 1. The lowest BCUT2D eigenvalue weighted by molar-refractivity contribution is -0.0473. The first kappa shape index (κ1) is 17.8. The Balaban J connectivity index is 2.19. The van der Waals surface area contributed by atoms with Crippen LogP contribution in [0.15, 0.2) is 0 Å². The number of aliphatic hydroxyl groups is 1. The highest BCUT2D eigenvalue weighted by molar-refractivity contribution is 6.77. The second-order valence-corrected chi connectivity index (χ2v) is 13.0. The van der Waals surface area contributed by atoms with Gasteiger partial charge in [0.1, 0.15) is 12.7 Å². The molecule has 2 heterocycles. The molecule has 2 saturated heterocycles. The Morgan fingerprint density at radius 1 is 1.18 bits per heavy atom. The van der Waals surface area contributed by atoms with Gasteiger partial charge < -0.3 is 14.3 Å². The van der Waals surface area contributed by atoms with Crippen molar-refractivity contribution in [3.8, 4) is 0 Å². The second-order valence-electron chi connectivity index (χ2n) is 7.59. The van der Waals surface area contributed by atoms with Gasteiger partial charge in [-0.25, -0.2) is 4.79 Å². The Labute approximate surface area is 135 Å². The van der Waals surface area contributed by atoms with Crippen LogP contribution in [0.3, 0.4) is 0 Å². The van der Waals surface area contributed by atoms with Gasteiger partial charge in [-0.05, 0) is 23.0 Å². The zero-order chi connectivity index (χ0) is 16.7. The van der Waals surface area contributed by atoms with Crippen LogP contribution >= 0.6 is 0 Å². The van der Waals surface area contributed by atoms with Crippen LogP contribution in [0.4, 0.5) is 4.79 Å². The van der Waals surface area contributed by atoms with Gasteiger partial charge in [0.2, 0.25) is 8.32 Å². The normalized spacial score (nSPS) is 29.5. The fraction of sp³-hybridized carbons (Fsp3) is 0.938. The molecule has 0 unspecified atom stereocenters. The molecule has 2 rings (SSSR count). The maximum atomic E-state index is 11.6. The van der Waals surface area contributed by atoms with E-state index in [4.69, 9.17) is 9.16 Å². The predicted molar refractivity (Wildman–Crippen MR) is 88.4 cm³/mol. The van der Waals surface area contributed by atoms with E-state index in [0.29, 0.717) is 29.6 Å². The number of hydrogen-bond acceptors (Lipinski definition) is 4. The van der Waals surface area contributed by atoms with Crippen molar-refractivity contribution in [2.24, 2.45) is 0 Å². The lowest BCUT2D eigenvalue weighted by Gasteiger charge is -2.48. The van der Waals surface area contributed by atoms with Crippen LogP contribution < -0.4 is 0 Å². The van der Waals surface area contributed by atoms with E-state index in [0.717, 1.165) is 0 Å². The Hall–Kier alpha value is -0.593. The molecule has 0 spiro atoms. The minimum atomic E-state index is -2.02. The van der Waals surface area contributed by atoms with Gasteiger partial charge in [0.05, 0.1) is 12.1 Å². The highest BCUT2D eigenvalue weighted by Crippen LogP contribution is 2.44. The van der Waals surface area contributed by atoms with Crippen LogP contribution in [0.25, 0.3) is 0 Å². The number of ether oxygens (including phenoxy) is 1. The van der Waals surface area contributed by atoms with Gasteiger partial charge in [-0.3, -0.25) is 4.90 Å². The van der Waals surface area contributed by atoms with Crippen molar-refractivity contribution in [3.05, 3.63) is 0 Å². The molecule has 0 radical (unpaired) electrons. The summed E-state index contributed by atoms with van der Waals surface area (Å²) >= 11 is 0. The van der Waals surface area contributed by atoms with Gasteiger partial charge in [-0.1, -0.05) is 41.5 Å². The maximum absolute atomic E-state index is 11.6. The largest absolute Gasteiger partial charge is 0.447 e. The Kier molecular flexibility index (Phi) is 5.24. The number of carbonyl (C=O) groups excluding carboxylic acids is 1. The summed E-state index contributed by atoms with van der Waals surface area (Å²) in [5.74, 6) is 0. The number of hydrogen-bond donors (Lipinski definition) is 1. The molecule has 5 nitrogen and oxygen atoms in total. The van der Waals surface area contributed by atoms with Crippen molar-refractivity contribution >= 4 is 14.4 Å². The van der Waals surface area contributed by atoms with Crippen molar-refractivity contribution in [1.29, 1.82) is 0 Å². The van der Waals surface area contributed by atoms with Crippen molar-refractivity contribution in [1.82, 2.24) is 4.90 Å². The standard InChI is InChI=1S/C16H31NO4Si/c1-10(2)22(11(3)4,12(5)6)21-14-7-8-17-13(15(14)18)9-20-16(17)19/h10-15,18H,7-9H2,1-6H3/t13-,14-,15-/m0/s1. The molecular formula is C16H31NO4Si. The minimum Gasteiger partial charge on any atom is -0.447 e. The zero-order valence-corrected chi connectivity index (χ0v) is 15.7. The monoisotopic (exact) mass is 329 g/mol. The molecule has 0 aromatic rings. The molecule has 0 saturated carbocycles. The first-order valence-electron chi connectivity index (χ1n) is 8.51. The van der Waals surface area contributed by atoms with Gasteiger partial charge in [0, 0.05) is 6.54 Å². The first-order chi connectivity index (χ1) is 10.2. The molecule has 0 aliphatic carbocycles. The number of rotatable bonds is 5. The summed E-state index contributed by atoms with van der Waals surface area (Å²) < 4.78 is 11.8. The summed E-state index contributed by atoms with van der Waals surface area (Å²) in [4.78, 5) is 13.3. The van der Waals surface area contributed by atoms with E-state index < -0.39 is 14.4 Å². The molecule has 1 amide bonds. The summed E-state index contributed by atoms with van der Waals surface area (Å²) in [6.45, 7) is 14.4. The Bertz CT molecular complexity index is 391. The second kappa shape index (κ2) is 6.49. The summed E-state index contributed by atoms with van der Waals surface area (Å²) in [6, 6.07) is -0.246.